The van der Waals surface area contributed by atoms with Crippen molar-refractivity contribution in [3.05, 3.63) is 35.9 Å². The van der Waals surface area contributed by atoms with Crippen LogP contribution in [0.2, 0.25) is 0 Å². The Bertz CT molecular complexity index is 303. The van der Waals surface area contributed by atoms with Crippen LogP contribution in [-0.4, -0.2) is 26.0 Å². The van der Waals surface area contributed by atoms with Crippen molar-refractivity contribution in [2.24, 2.45) is 0 Å². The molecule has 1 unspecified atom stereocenters. The van der Waals surface area contributed by atoms with E-state index in [1.807, 2.05) is 44.3 Å². The van der Waals surface area contributed by atoms with Crippen LogP contribution in [0, 0.1) is 0 Å². The van der Waals surface area contributed by atoms with Crippen LogP contribution in [0.5, 0.6) is 0 Å². The van der Waals surface area contributed by atoms with Gasteiger partial charge >= 0.3 is 0 Å². The summed E-state index contributed by atoms with van der Waals surface area (Å²) in [7, 11) is 1.87. The number of rotatable bonds is 5. The minimum atomic E-state index is -0.0805. The molecule has 3 nitrogen and oxygen atoms in total. The molecular weight excluding hydrogens is 224 g/mol. The van der Waals surface area contributed by atoms with Gasteiger partial charge in [0.2, 0.25) is 5.91 Å². The fourth-order valence-electron chi connectivity index (χ4n) is 1.36. The fraction of sp³-hybridized carbons (Fsp3) is 0.417. The molecule has 4 heteroatoms. The molecule has 0 bridgehead atoms. The first-order chi connectivity index (χ1) is 7.25. The van der Waals surface area contributed by atoms with Gasteiger partial charge < -0.3 is 10.6 Å². The van der Waals surface area contributed by atoms with E-state index in [4.69, 9.17) is 0 Å². The Morgan fingerprint density at radius 2 is 1.88 bits per heavy atom. The molecule has 0 aromatic heterocycles. The van der Waals surface area contributed by atoms with Crippen LogP contribution in [-0.2, 0) is 4.79 Å². The molecule has 0 radical (unpaired) electrons. The number of amides is 1. The van der Waals surface area contributed by atoms with Crippen molar-refractivity contribution in [2.45, 2.75) is 12.8 Å². The van der Waals surface area contributed by atoms with E-state index in [9.17, 15) is 4.79 Å². The van der Waals surface area contributed by atoms with E-state index >= 15 is 0 Å². The number of benzene rings is 1. The molecule has 0 aliphatic heterocycles. The summed E-state index contributed by atoms with van der Waals surface area (Å²) in [6.07, 6.45) is 0. The Kier molecular flexibility index (Phi) is 7.60. The topological polar surface area (TPSA) is 41.1 Å². The molecule has 0 saturated heterocycles. The van der Waals surface area contributed by atoms with Gasteiger partial charge in [-0.05, 0) is 19.5 Å². The Hall–Kier alpha value is -1.06. The Balaban J connectivity index is 0.00000225. The molecule has 0 aliphatic carbocycles. The highest BCUT2D eigenvalue weighted by Gasteiger charge is 2.13. The molecule has 1 aromatic rings. The van der Waals surface area contributed by atoms with Gasteiger partial charge in [0.25, 0.3) is 0 Å². The summed E-state index contributed by atoms with van der Waals surface area (Å²) >= 11 is 0. The Labute approximate surface area is 103 Å². The second-order valence-electron chi connectivity index (χ2n) is 3.53. The normalized spacial score (nSPS) is 11.4. The van der Waals surface area contributed by atoms with Crippen molar-refractivity contribution in [2.75, 3.05) is 20.1 Å². The smallest absolute Gasteiger partial charge is 0.227 e. The predicted octanol–water partition coefficient (Wildman–Crippen LogP) is 1.55. The minimum Gasteiger partial charge on any atom is -0.354 e. The molecule has 90 valence electrons. The van der Waals surface area contributed by atoms with E-state index in [-0.39, 0.29) is 24.2 Å². The van der Waals surface area contributed by atoms with E-state index in [2.05, 4.69) is 10.6 Å². The standard InChI is InChI=1S/C12H18N2O.ClH/c1-10(11-6-4-3-5-7-11)12(15)14-9-8-13-2;/h3-7,10,13H,8-9H2,1-2H3,(H,14,15);1H. The zero-order valence-corrected chi connectivity index (χ0v) is 10.5. The van der Waals surface area contributed by atoms with Crippen LogP contribution >= 0.6 is 12.4 Å². The second-order valence-corrected chi connectivity index (χ2v) is 3.53. The van der Waals surface area contributed by atoms with Gasteiger partial charge in [0, 0.05) is 13.1 Å². The van der Waals surface area contributed by atoms with Gasteiger partial charge in [-0.2, -0.15) is 0 Å². The van der Waals surface area contributed by atoms with E-state index in [0.717, 1.165) is 12.1 Å². The molecule has 1 rings (SSSR count). The van der Waals surface area contributed by atoms with E-state index in [1.165, 1.54) is 0 Å². The molecule has 0 fully saturated rings. The van der Waals surface area contributed by atoms with Crippen molar-refractivity contribution >= 4 is 18.3 Å². The van der Waals surface area contributed by atoms with E-state index in [1.54, 1.807) is 0 Å². The molecule has 0 heterocycles. The van der Waals surface area contributed by atoms with Gasteiger partial charge in [0.05, 0.1) is 5.92 Å². The third kappa shape index (κ3) is 4.64. The number of halogens is 1. The first kappa shape index (κ1) is 14.9. The number of carbonyl (C=O) groups is 1. The third-order valence-corrected chi connectivity index (χ3v) is 2.37. The van der Waals surface area contributed by atoms with Gasteiger partial charge in [-0.1, -0.05) is 30.3 Å². The highest BCUT2D eigenvalue weighted by atomic mass is 35.5. The average molecular weight is 243 g/mol. The maximum absolute atomic E-state index is 11.7. The van der Waals surface area contributed by atoms with Gasteiger partial charge in [0.1, 0.15) is 0 Å². The maximum atomic E-state index is 11.7. The summed E-state index contributed by atoms with van der Waals surface area (Å²) in [5.74, 6) is -0.000457. The lowest BCUT2D eigenvalue weighted by Crippen LogP contribution is -2.33. The molecular formula is C12H19ClN2O. The van der Waals surface area contributed by atoms with Crippen molar-refractivity contribution < 1.29 is 4.79 Å². The lowest BCUT2D eigenvalue weighted by molar-refractivity contribution is -0.122. The zero-order valence-electron chi connectivity index (χ0n) is 9.69. The fourth-order valence-corrected chi connectivity index (χ4v) is 1.36. The lowest BCUT2D eigenvalue weighted by Gasteiger charge is -2.12. The van der Waals surface area contributed by atoms with Crippen LogP contribution in [0.1, 0.15) is 18.4 Å². The summed E-state index contributed by atoms with van der Waals surface area (Å²) in [5.41, 5.74) is 1.06. The lowest BCUT2D eigenvalue weighted by atomic mass is 10.0. The van der Waals surface area contributed by atoms with Crippen LogP contribution in [0.3, 0.4) is 0 Å². The third-order valence-electron chi connectivity index (χ3n) is 2.37. The summed E-state index contributed by atoms with van der Waals surface area (Å²) in [4.78, 5) is 11.7. The molecule has 1 amide bonds. The summed E-state index contributed by atoms with van der Waals surface area (Å²) in [5, 5.41) is 5.87. The van der Waals surface area contributed by atoms with Crippen molar-refractivity contribution in [1.29, 1.82) is 0 Å². The first-order valence-electron chi connectivity index (χ1n) is 5.23. The van der Waals surface area contributed by atoms with Gasteiger partial charge in [-0.3, -0.25) is 4.79 Å². The largest absolute Gasteiger partial charge is 0.354 e. The summed E-state index contributed by atoms with van der Waals surface area (Å²) < 4.78 is 0. The van der Waals surface area contributed by atoms with Gasteiger partial charge in [-0.15, -0.1) is 12.4 Å². The van der Waals surface area contributed by atoms with Crippen LogP contribution < -0.4 is 10.6 Å². The van der Waals surface area contributed by atoms with Gasteiger partial charge in [-0.25, -0.2) is 0 Å². The molecule has 0 saturated carbocycles. The molecule has 2 N–H and O–H groups in total. The molecule has 0 spiro atoms. The zero-order chi connectivity index (χ0) is 11.1. The van der Waals surface area contributed by atoms with Crippen LogP contribution in [0.4, 0.5) is 0 Å². The summed E-state index contributed by atoms with van der Waals surface area (Å²) in [6, 6.07) is 9.80. The number of hydrogen-bond acceptors (Lipinski definition) is 2. The number of likely N-dealkylation sites (N-methyl/N-ethyl adjacent to an activating group) is 1. The van der Waals surface area contributed by atoms with Crippen LogP contribution in [0.25, 0.3) is 0 Å². The number of nitrogens with one attached hydrogen (secondary N) is 2. The highest BCUT2D eigenvalue weighted by molar-refractivity contribution is 5.85. The Morgan fingerprint density at radius 3 is 2.44 bits per heavy atom. The van der Waals surface area contributed by atoms with Crippen molar-refractivity contribution in [1.82, 2.24) is 10.6 Å². The quantitative estimate of drug-likeness (QED) is 0.770. The van der Waals surface area contributed by atoms with Crippen molar-refractivity contribution in [3.63, 3.8) is 0 Å². The molecule has 1 atom stereocenters. The average Bonchev–Trinajstić information content (AvgIpc) is 2.29. The van der Waals surface area contributed by atoms with Crippen molar-refractivity contribution in [3.8, 4) is 0 Å². The maximum Gasteiger partial charge on any atom is 0.227 e. The van der Waals surface area contributed by atoms with E-state index in [0.29, 0.717) is 6.54 Å². The van der Waals surface area contributed by atoms with E-state index < -0.39 is 0 Å². The van der Waals surface area contributed by atoms with Crippen LogP contribution in [0.15, 0.2) is 30.3 Å². The Morgan fingerprint density at radius 1 is 1.25 bits per heavy atom. The molecule has 0 aliphatic rings. The number of hydrogen-bond donors (Lipinski definition) is 2. The predicted molar refractivity (Wildman–Crippen MR) is 69.0 cm³/mol. The number of carbonyl (C=O) groups excluding carboxylic acids is 1. The molecule has 16 heavy (non-hydrogen) atoms. The highest BCUT2D eigenvalue weighted by Crippen LogP contribution is 2.13. The van der Waals surface area contributed by atoms with Gasteiger partial charge in [0.15, 0.2) is 0 Å². The monoisotopic (exact) mass is 242 g/mol. The minimum absolute atomic E-state index is 0. The summed E-state index contributed by atoms with van der Waals surface area (Å²) in [6.45, 7) is 3.39. The SMILES string of the molecule is CNCCNC(=O)C(C)c1ccccc1.Cl. The molecule has 1 aromatic carbocycles. The second kappa shape index (κ2) is 8.13. The first-order valence-corrected chi connectivity index (χ1v) is 5.23.